The summed E-state index contributed by atoms with van der Waals surface area (Å²) in [5.41, 5.74) is 1.04. The second-order valence-corrected chi connectivity index (χ2v) is 6.50. The van der Waals surface area contributed by atoms with E-state index in [0.717, 1.165) is 67.6 Å². The van der Waals surface area contributed by atoms with Crippen LogP contribution in [0.4, 0.5) is 0 Å². The quantitative estimate of drug-likeness (QED) is 0.422. The Labute approximate surface area is 161 Å². The van der Waals surface area contributed by atoms with Crippen LogP contribution in [-0.2, 0) is 13.0 Å². The fourth-order valence-electron chi connectivity index (χ4n) is 2.86. The van der Waals surface area contributed by atoms with Crippen molar-refractivity contribution in [2.45, 2.75) is 39.2 Å². The maximum atomic E-state index is 5.89. The van der Waals surface area contributed by atoms with Gasteiger partial charge in [-0.2, -0.15) is 0 Å². The molecule has 27 heavy (non-hydrogen) atoms. The molecule has 2 heterocycles. The fraction of sp³-hybridized carbons (Fsp3) is 0.476. The maximum Gasteiger partial charge on any atom is 0.191 e. The molecule has 146 valence electrons. The van der Waals surface area contributed by atoms with Gasteiger partial charge in [-0.05, 0) is 24.6 Å². The van der Waals surface area contributed by atoms with E-state index in [1.165, 1.54) is 0 Å². The van der Waals surface area contributed by atoms with Crippen molar-refractivity contribution >= 4 is 5.96 Å². The number of fused-ring (bicyclic) bond motifs is 1. The first kappa shape index (κ1) is 19.1. The molecular formula is C21H29N3O3. The van der Waals surface area contributed by atoms with Crippen LogP contribution in [-0.4, -0.2) is 32.3 Å². The molecule has 0 unspecified atom stereocenters. The molecule has 0 spiro atoms. The van der Waals surface area contributed by atoms with Crippen molar-refractivity contribution in [2.75, 3.05) is 26.3 Å². The summed E-state index contributed by atoms with van der Waals surface area (Å²) in [7, 11) is 0. The molecule has 0 radical (unpaired) electrons. The second kappa shape index (κ2) is 10.5. The molecular weight excluding hydrogens is 342 g/mol. The minimum atomic E-state index is 0.536. The van der Waals surface area contributed by atoms with Crippen LogP contribution in [0.3, 0.4) is 0 Å². The number of guanidine groups is 1. The number of ether oxygens (including phenoxy) is 2. The van der Waals surface area contributed by atoms with Crippen molar-refractivity contribution in [3.63, 3.8) is 0 Å². The van der Waals surface area contributed by atoms with Gasteiger partial charge in [-0.1, -0.05) is 25.5 Å². The second-order valence-electron chi connectivity index (χ2n) is 6.50. The molecule has 0 amide bonds. The average Bonchev–Trinajstić information content (AvgIpc) is 3.08. The largest absolute Gasteiger partial charge is 0.490 e. The molecule has 1 aliphatic rings. The number of rotatable bonds is 8. The zero-order valence-electron chi connectivity index (χ0n) is 16.0. The zero-order valence-corrected chi connectivity index (χ0v) is 16.0. The number of hydrogen-bond acceptors (Lipinski definition) is 4. The molecule has 0 bridgehead atoms. The monoisotopic (exact) mass is 371 g/mol. The van der Waals surface area contributed by atoms with Gasteiger partial charge in [-0.15, -0.1) is 0 Å². The number of nitrogens with zero attached hydrogens (tertiary/aromatic N) is 1. The van der Waals surface area contributed by atoms with Crippen LogP contribution in [0, 0.1) is 0 Å². The van der Waals surface area contributed by atoms with Gasteiger partial charge in [0.05, 0.1) is 26.0 Å². The Kier molecular flexibility index (Phi) is 7.45. The van der Waals surface area contributed by atoms with Gasteiger partial charge in [0.25, 0.3) is 0 Å². The molecule has 3 rings (SSSR count). The summed E-state index contributed by atoms with van der Waals surface area (Å²) in [5, 5.41) is 6.79. The van der Waals surface area contributed by atoms with Crippen LogP contribution in [0.15, 0.2) is 46.0 Å². The fourth-order valence-corrected chi connectivity index (χ4v) is 2.86. The number of hydrogen-bond donors (Lipinski definition) is 2. The normalized spacial score (nSPS) is 13.9. The van der Waals surface area contributed by atoms with Gasteiger partial charge in [0.1, 0.15) is 5.76 Å². The van der Waals surface area contributed by atoms with Crippen molar-refractivity contribution in [3.05, 3.63) is 47.9 Å². The van der Waals surface area contributed by atoms with E-state index in [1.54, 1.807) is 6.26 Å². The van der Waals surface area contributed by atoms with Crippen LogP contribution in [0.2, 0.25) is 0 Å². The van der Waals surface area contributed by atoms with Gasteiger partial charge >= 0.3 is 0 Å². The van der Waals surface area contributed by atoms with Crippen LogP contribution in [0.1, 0.15) is 37.5 Å². The van der Waals surface area contributed by atoms with Gasteiger partial charge in [-0.25, -0.2) is 4.99 Å². The van der Waals surface area contributed by atoms with Crippen molar-refractivity contribution in [1.82, 2.24) is 10.6 Å². The minimum Gasteiger partial charge on any atom is -0.490 e. The van der Waals surface area contributed by atoms with E-state index in [-0.39, 0.29) is 0 Å². The summed E-state index contributed by atoms with van der Waals surface area (Å²) in [6.45, 7) is 5.75. The lowest BCUT2D eigenvalue weighted by atomic mass is 10.2. The lowest BCUT2D eigenvalue weighted by Gasteiger charge is -2.14. The van der Waals surface area contributed by atoms with Crippen molar-refractivity contribution < 1.29 is 13.9 Å². The Morgan fingerprint density at radius 2 is 1.96 bits per heavy atom. The van der Waals surface area contributed by atoms with E-state index < -0.39 is 0 Å². The van der Waals surface area contributed by atoms with Gasteiger partial charge < -0.3 is 24.5 Å². The molecule has 2 N–H and O–H groups in total. The van der Waals surface area contributed by atoms with Crippen molar-refractivity contribution in [3.8, 4) is 11.5 Å². The number of nitrogens with one attached hydrogen (secondary N) is 2. The van der Waals surface area contributed by atoms with Crippen molar-refractivity contribution in [1.29, 1.82) is 0 Å². The molecule has 2 aromatic rings. The molecule has 0 saturated heterocycles. The summed E-state index contributed by atoms with van der Waals surface area (Å²) >= 11 is 0. The smallest absolute Gasteiger partial charge is 0.191 e. The lowest BCUT2D eigenvalue weighted by molar-refractivity contribution is 0.296. The summed E-state index contributed by atoms with van der Waals surface area (Å²) in [6, 6.07) is 9.89. The summed E-state index contributed by atoms with van der Waals surface area (Å²) < 4.78 is 17.0. The number of benzene rings is 1. The van der Waals surface area contributed by atoms with Crippen LogP contribution < -0.4 is 20.1 Å². The van der Waals surface area contributed by atoms with E-state index in [0.29, 0.717) is 19.8 Å². The number of furan rings is 1. The highest BCUT2D eigenvalue weighted by Crippen LogP contribution is 2.33. The SMILES string of the molecule is CCCCNC(=NCc1cccc2c1OCCCO2)NCCc1ccco1. The molecule has 0 saturated carbocycles. The van der Waals surface area contributed by atoms with Gasteiger partial charge in [-0.3, -0.25) is 0 Å². The van der Waals surface area contributed by atoms with E-state index in [2.05, 4.69) is 17.6 Å². The summed E-state index contributed by atoms with van der Waals surface area (Å²) in [5.74, 6) is 3.41. The first-order valence-electron chi connectivity index (χ1n) is 9.79. The number of unbranched alkanes of at least 4 members (excludes halogenated alkanes) is 1. The molecule has 6 heteroatoms. The Morgan fingerprint density at radius 3 is 2.81 bits per heavy atom. The molecule has 1 aliphatic heterocycles. The van der Waals surface area contributed by atoms with Crippen LogP contribution >= 0.6 is 0 Å². The number of aliphatic imine (C=N–C) groups is 1. The van der Waals surface area contributed by atoms with E-state index in [4.69, 9.17) is 18.9 Å². The third-order valence-electron chi connectivity index (χ3n) is 4.33. The standard InChI is InChI=1S/C21H29N3O3/c1-2-3-11-22-21(23-12-10-18-8-5-13-25-18)24-16-17-7-4-9-19-20(17)27-15-6-14-26-19/h4-5,7-9,13H,2-3,6,10-12,14-16H2,1H3,(H2,22,23,24). The van der Waals surface area contributed by atoms with Crippen molar-refractivity contribution in [2.24, 2.45) is 4.99 Å². The summed E-state index contributed by atoms with van der Waals surface area (Å²) in [6.07, 6.45) is 5.67. The summed E-state index contributed by atoms with van der Waals surface area (Å²) in [4.78, 5) is 4.75. The third-order valence-corrected chi connectivity index (χ3v) is 4.33. The maximum absolute atomic E-state index is 5.89. The molecule has 0 fully saturated rings. The van der Waals surface area contributed by atoms with Gasteiger partial charge in [0.2, 0.25) is 0 Å². The Bertz CT molecular complexity index is 713. The predicted octanol–water partition coefficient (Wildman–Crippen LogP) is 3.52. The highest BCUT2D eigenvalue weighted by Gasteiger charge is 2.14. The Morgan fingerprint density at radius 1 is 1.07 bits per heavy atom. The van der Waals surface area contributed by atoms with Crippen LogP contribution in [0.25, 0.3) is 0 Å². The first-order valence-corrected chi connectivity index (χ1v) is 9.79. The Balaban J connectivity index is 1.63. The zero-order chi connectivity index (χ0) is 18.7. The highest BCUT2D eigenvalue weighted by molar-refractivity contribution is 5.79. The lowest BCUT2D eigenvalue weighted by Crippen LogP contribution is -2.38. The highest BCUT2D eigenvalue weighted by atomic mass is 16.5. The molecule has 1 aromatic heterocycles. The Hall–Kier alpha value is -2.63. The molecule has 1 aromatic carbocycles. The van der Waals surface area contributed by atoms with Gasteiger partial charge in [0, 0.05) is 31.5 Å². The molecule has 0 atom stereocenters. The third kappa shape index (κ3) is 5.94. The van der Waals surface area contributed by atoms with Crippen LogP contribution in [0.5, 0.6) is 11.5 Å². The van der Waals surface area contributed by atoms with E-state index in [9.17, 15) is 0 Å². The topological polar surface area (TPSA) is 68.0 Å². The average molecular weight is 371 g/mol. The first-order chi connectivity index (χ1) is 13.4. The number of para-hydroxylation sites is 1. The minimum absolute atomic E-state index is 0.536. The molecule has 6 nitrogen and oxygen atoms in total. The van der Waals surface area contributed by atoms with E-state index >= 15 is 0 Å². The van der Waals surface area contributed by atoms with Gasteiger partial charge in [0.15, 0.2) is 17.5 Å². The predicted molar refractivity (Wildman–Crippen MR) is 107 cm³/mol. The van der Waals surface area contributed by atoms with E-state index in [1.807, 2.05) is 30.3 Å². The molecule has 0 aliphatic carbocycles.